The van der Waals surface area contributed by atoms with Gasteiger partial charge in [0.05, 0.1) is 11.0 Å². The average Bonchev–Trinajstić information content (AvgIpc) is 3.73. The van der Waals surface area contributed by atoms with Crippen molar-refractivity contribution >= 4 is 93.1 Å². The van der Waals surface area contributed by atoms with Crippen molar-refractivity contribution in [1.29, 1.82) is 0 Å². The maximum atomic E-state index is 6.18. The standard InChI is InChI=1S/C48H30N2O/c1-2-11-33(12-3-1)49(34-21-18-32-20-24-38-37-13-5-4-10-31(37)19-25-39(38)42(32)28-34)35-22-26-46-43(29-35)40-14-6-8-16-45(40)50(46)36-23-27-48-44(30-36)41-15-7-9-17-47(41)51-48/h1-30H. The molecular formula is C48H30N2O. The lowest BCUT2D eigenvalue weighted by Gasteiger charge is -2.26. The molecule has 2 heterocycles. The fourth-order valence-corrected chi connectivity index (χ4v) is 8.20. The molecule has 0 aliphatic heterocycles. The fourth-order valence-electron chi connectivity index (χ4n) is 8.20. The summed E-state index contributed by atoms with van der Waals surface area (Å²) in [5, 5.41) is 12.2. The molecule has 9 aromatic carbocycles. The minimum Gasteiger partial charge on any atom is -0.456 e. The molecule has 3 heteroatoms. The summed E-state index contributed by atoms with van der Waals surface area (Å²) < 4.78 is 8.56. The third kappa shape index (κ3) is 4.25. The Bertz CT molecular complexity index is 3150. The van der Waals surface area contributed by atoms with Gasteiger partial charge in [-0.3, -0.25) is 0 Å². The normalized spacial score (nSPS) is 11.9. The molecule has 0 N–H and O–H groups in total. The second-order valence-electron chi connectivity index (χ2n) is 13.4. The molecule has 0 saturated heterocycles. The Morgan fingerprint density at radius 1 is 0.333 bits per heavy atom. The van der Waals surface area contributed by atoms with E-state index in [0.717, 1.165) is 50.2 Å². The first-order valence-corrected chi connectivity index (χ1v) is 17.4. The van der Waals surface area contributed by atoms with Crippen LogP contribution < -0.4 is 4.90 Å². The van der Waals surface area contributed by atoms with E-state index < -0.39 is 0 Å². The van der Waals surface area contributed by atoms with Gasteiger partial charge in [0, 0.05) is 44.3 Å². The quantitative estimate of drug-likeness (QED) is 0.177. The van der Waals surface area contributed by atoms with Crippen LogP contribution in [-0.2, 0) is 0 Å². The molecule has 0 radical (unpaired) electrons. The minimum atomic E-state index is 0.901. The van der Waals surface area contributed by atoms with Gasteiger partial charge in [-0.1, -0.05) is 109 Å². The molecule has 0 spiro atoms. The van der Waals surface area contributed by atoms with Gasteiger partial charge in [0.2, 0.25) is 0 Å². The van der Waals surface area contributed by atoms with Crippen LogP contribution in [0.25, 0.3) is 81.7 Å². The van der Waals surface area contributed by atoms with Crippen LogP contribution in [0, 0.1) is 0 Å². The first-order valence-electron chi connectivity index (χ1n) is 17.4. The van der Waals surface area contributed by atoms with Crippen molar-refractivity contribution in [2.75, 3.05) is 4.90 Å². The molecule has 0 unspecified atom stereocenters. The van der Waals surface area contributed by atoms with E-state index in [9.17, 15) is 0 Å². The van der Waals surface area contributed by atoms with Gasteiger partial charge in [0.25, 0.3) is 0 Å². The van der Waals surface area contributed by atoms with Crippen LogP contribution >= 0.6 is 0 Å². The first kappa shape index (κ1) is 28.0. The van der Waals surface area contributed by atoms with Crippen molar-refractivity contribution in [3.8, 4) is 5.69 Å². The molecule has 3 nitrogen and oxygen atoms in total. The predicted octanol–water partition coefficient (Wildman–Crippen LogP) is 13.6. The fraction of sp³-hybridized carbons (Fsp3) is 0. The highest BCUT2D eigenvalue weighted by atomic mass is 16.3. The van der Waals surface area contributed by atoms with Crippen LogP contribution in [0.3, 0.4) is 0 Å². The Morgan fingerprint density at radius 3 is 1.80 bits per heavy atom. The topological polar surface area (TPSA) is 21.3 Å². The Morgan fingerprint density at radius 2 is 0.941 bits per heavy atom. The number of rotatable bonds is 4. The van der Waals surface area contributed by atoms with Gasteiger partial charge in [0.1, 0.15) is 11.2 Å². The Hall–Kier alpha value is -6.84. The lowest BCUT2D eigenvalue weighted by molar-refractivity contribution is 0.669. The zero-order valence-electron chi connectivity index (χ0n) is 27.6. The van der Waals surface area contributed by atoms with Gasteiger partial charge < -0.3 is 13.9 Å². The lowest BCUT2D eigenvalue weighted by Crippen LogP contribution is -2.09. The van der Waals surface area contributed by atoms with Gasteiger partial charge in [-0.15, -0.1) is 0 Å². The van der Waals surface area contributed by atoms with E-state index in [1.54, 1.807) is 0 Å². The number of hydrogen-bond donors (Lipinski definition) is 0. The first-order chi connectivity index (χ1) is 25.3. The lowest BCUT2D eigenvalue weighted by atomic mass is 9.96. The highest BCUT2D eigenvalue weighted by Crippen LogP contribution is 2.42. The second-order valence-corrected chi connectivity index (χ2v) is 13.4. The third-order valence-electron chi connectivity index (χ3n) is 10.5. The highest BCUT2D eigenvalue weighted by Gasteiger charge is 2.19. The second kappa shape index (κ2) is 10.8. The van der Waals surface area contributed by atoms with Crippen molar-refractivity contribution in [2.45, 2.75) is 0 Å². The monoisotopic (exact) mass is 650 g/mol. The number of furan rings is 1. The van der Waals surface area contributed by atoms with E-state index in [-0.39, 0.29) is 0 Å². The van der Waals surface area contributed by atoms with Crippen LogP contribution in [0.1, 0.15) is 0 Å². The van der Waals surface area contributed by atoms with Gasteiger partial charge in [0.15, 0.2) is 0 Å². The number of nitrogens with zero attached hydrogens (tertiary/aromatic N) is 2. The van der Waals surface area contributed by atoms with Gasteiger partial charge in [-0.25, -0.2) is 0 Å². The summed E-state index contributed by atoms with van der Waals surface area (Å²) in [6, 6.07) is 65.7. The minimum absolute atomic E-state index is 0.901. The molecule has 0 aliphatic rings. The molecule has 11 aromatic rings. The third-order valence-corrected chi connectivity index (χ3v) is 10.5. The van der Waals surface area contributed by atoms with Crippen molar-refractivity contribution < 1.29 is 4.42 Å². The zero-order chi connectivity index (χ0) is 33.5. The number of fused-ring (bicyclic) bond motifs is 11. The molecular weight excluding hydrogens is 621 g/mol. The van der Waals surface area contributed by atoms with Gasteiger partial charge in [-0.05, 0) is 105 Å². The molecule has 0 atom stereocenters. The van der Waals surface area contributed by atoms with Crippen molar-refractivity contribution in [1.82, 2.24) is 4.57 Å². The summed E-state index contributed by atoms with van der Waals surface area (Å²) in [7, 11) is 0. The van der Waals surface area contributed by atoms with E-state index in [4.69, 9.17) is 4.42 Å². The van der Waals surface area contributed by atoms with Crippen molar-refractivity contribution in [2.24, 2.45) is 0 Å². The summed E-state index contributed by atoms with van der Waals surface area (Å²) in [5.74, 6) is 0. The number of hydrogen-bond acceptors (Lipinski definition) is 2. The molecule has 0 fully saturated rings. The van der Waals surface area contributed by atoms with Crippen LogP contribution in [0.2, 0.25) is 0 Å². The number of para-hydroxylation sites is 3. The Balaban J connectivity index is 1.13. The SMILES string of the molecule is c1ccc(N(c2ccc3ccc4c5ccccc5ccc4c3c2)c2ccc3c(c2)c2ccccc2n3-c2ccc3oc4ccccc4c3c2)cc1. The van der Waals surface area contributed by atoms with E-state index in [1.165, 1.54) is 48.6 Å². The maximum absolute atomic E-state index is 6.18. The summed E-state index contributed by atoms with van der Waals surface area (Å²) in [6.45, 7) is 0. The molecule has 238 valence electrons. The van der Waals surface area contributed by atoms with Crippen LogP contribution in [0.15, 0.2) is 186 Å². The number of aromatic nitrogens is 1. The average molecular weight is 651 g/mol. The summed E-state index contributed by atoms with van der Waals surface area (Å²) >= 11 is 0. The van der Waals surface area contributed by atoms with Gasteiger partial charge in [-0.2, -0.15) is 0 Å². The molecule has 0 amide bonds. The molecule has 0 bridgehead atoms. The zero-order valence-corrected chi connectivity index (χ0v) is 27.6. The van der Waals surface area contributed by atoms with Crippen LogP contribution in [-0.4, -0.2) is 4.57 Å². The predicted molar refractivity (Wildman–Crippen MR) is 215 cm³/mol. The van der Waals surface area contributed by atoms with Crippen LogP contribution in [0.5, 0.6) is 0 Å². The smallest absolute Gasteiger partial charge is 0.135 e. The van der Waals surface area contributed by atoms with E-state index in [1.807, 2.05) is 12.1 Å². The van der Waals surface area contributed by atoms with E-state index in [0.29, 0.717) is 0 Å². The molecule has 2 aromatic heterocycles. The highest BCUT2D eigenvalue weighted by molar-refractivity contribution is 6.18. The molecule has 0 saturated carbocycles. The van der Waals surface area contributed by atoms with Crippen molar-refractivity contribution in [3.63, 3.8) is 0 Å². The molecule has 11 rings (SSSR count). The molecule has 0 aliphatic carbocycles. The summed E-state index contributed by atoms with van der Waals surface area (Å²) in [6.07, 6.45) is 0. The molecule has 51 heavy (non-hydrogen) atoms. The largest absolute Gasteiger partial charge is 0.456 e. The van der Waals surface area contributed by atoms with Crippen LogP contribution in [0.4, 0.5) is 17.1 Å². The van der Waals surface area contributed by atoms with Crippen molar-refractivity contribution in [3.05, 3.63) is 182 Å². The Labute approximate surface area is 293 Å². The summed E-state index contributed by atoms with van der Waals surface area (Å²) in [5.41, 5.74) is 8.60. The number of anilines is 3. The van der Waals surface area contributed by atoms with E-state index >= 15 is 0 Å². The van der Waals surface area contributed by atoms with E-state index in [2.05, 4.69) is 179 Å². The Kier molecular flexibility index (Phi) is 5.96. The summed E-state index contributed by atoms with van der Waals surface area (Å²) in [4.78, 5) is 2.38. The maximum Gasteiger partial charge on any atom is 0.135 e. The number of benzene rings is 9. The van der Waals surface area contributed by atoms with Gasteiger partial charge >= 0.3 is 0 Å².